The Kier molecular flexibility index (Phi) is 3.35. The smallest absolute Gasteiger partial charge is 0.170 e. The summed E-state index contributed by atoms with van der Waals surface area (Å²) in [5.41, 5.74) is 9.80. The Labute approximate surface area is 139 Å². The number of para-hydroxylation sites is 1. The normalized spacial score (nSPS) is 10.9. The summed E-state index contributed by atoms with van der Waals surface area (Å²) in [6.07, 6.45) is 1.45. The molecule has 24 heavy (non-hydrogen) atoms. The molecule has 0 amide bonds. The van der Waals surface area contributed by atoms with Crippen LogP contribution in [0.4, 0.5) is 17.3 Å². The van der Waals surface area contributed by atoms with Gasteiger partial charge < -0.3 is 11.1 Å². The van der Waals surface area contributed by atoms with Gasteiger partial charge in [0.15, 0.2) is 11.5 Å². The first-order chi connectivity index (χ1) is 11.7. The molecular formula is C18H16N6. The maximum absolute atomic E-state index is 6.08. The number of benzene rings is 2. The predicted molar refractivity (Wildman–Crippen MR) is 95.5 cm³/mol. The van der Waals surface area contributed by atoms with Crippen molar-refractivity contribution in [3.8, 4) is 5.69 Å². The molecule has 0 aliphatic rings. The van der Waals surface area contributed by atoms with Gasteiger partial charge in [-0.15, -0.1) is 5.10 Å². The molecule has 4 aromatic rings. The SMILES string of the molecule is Cc1ccc(Nc2nn(-c3ccccc3)c3ncnc(N)c23)cc1. The van der Waals surface area contributed by atoms with Crippen LogP contribution in [-0.4, -0.2) is 19.7 Å². The quantitative estimate of drug-likeness (QED) is 0.605. The van der Waals surface area contributed by atoms with Crippen LogP contribution in [0.2, 0.25) is 0 Å². The zero-order chi connectivity index (χ0) is 16.5. The van der Waals surface area contributed by atoms with Gasteiger partial charge in [-0.2, -0.15) is 0 Å². The molecule has 0 saturated heterocycles. The lowest BCUT2D eigenvalue weighted by atomic mass is 10.2. The maximum Gasteiger partial charge on any atom is 0.170 e. The lowest BCUT2D eigenvalue weighted by Crippen LogP contribution is -1.98. The summed E-state index contributed by atoms with van der Waals surface area (Å²) >= 11 is 0. The van der Waals surface area contributed by atoms with Gasteiger partial charge in [0.25, 0.3) is 0 Å². The molecule has 3 N–H and O–H groups in total. The summed E-state index contributed by atoms with van der Waals surface area (Å²) in [6, 6.07) is 17.9. The summed E-state index contributed by atoms with van der Waals surface area (Å²) in [6.45, 7) is 2.05. The Bertz CT molecular complexity index is 989. The second-order valence-electron chi connectivity index (χ2n) is 5.54. The van der Waals surface area contributed by atoms with Crippen LogP contribution in [0.25, 0.3) is 16.7 Å². The molecule has 0 bridgehead atoms. The van der Waals surface area contributed by atoms with Crippen molar-refractivity contribution in [3.05, 3.63) is 66.5 Å². The van der Waals surface area contributed by atoms with E-state index in [1.165, 1.54) is 11.9 Å². The zero-order valence-corrected chi connectivity index (χ0v) is 13.1. The van der Waals surface area contributed by atoms with Crippen molar-refractivity contribution < 1.29 is 0 Å². The van der Waals surface area contributed by atoms with Gasteiger partial charge in [-0.3, -0.25) is 0 Å². The molecule has 6 nitrogen and oxygen atoms in total. The van der Waals surface area contributed by atoms with E-state index in [-0.39, 0.29) is 0 Å². The zero-order valence-electron chi connectivity index (χ0n) is 13.1. The number of anilines is 3. The van der Waals surface area contributed by atoms with Crippen LogP contribution < -0.4 is 11.1 Å². The molecule has 2 heterocycles. The monoisotopic (exact) mass is 316 g/mol. The summed E-state index contributed by atoms with van der Waals surface area (Å²) in [4.78, 5) is 8.47. The number of aryl methyl sites for hydroxylation is 1. The lowest BCUT2D eigenvalue weighted by Gasteiger charge is -2.04. The van der Waals surface area contributed by atoms with Crippen LogP contribution in [0.1, 0.15) is 5.56 Å². The van der Waals surface area contributed by atoms with Crippen LogP contribution in [-0.2, 0) is 0 Å². The molecule has 4 rings (SSSR count). The van der Waals surface area contributed by atoms with Gasteiger partial charge >= 0.3 is 0 Å². The molecule has 0 atom stereocenters. The lowest BCUT2D eigenvalue weighted by molar-refractivity contribution is 0.899. The maximum atomic E-state index is 6.08. The number of rotatable bonds is 3. The largest absolute Gasteiger partial charge is 0.383 e. The van der Waals surface area contributed by atoms with Gasteiger partial charge in [-0.05, 0) is 31.2 Å². The molecule has 0 saturated carbocycles. The van der Waals surface area contributed by atoms with E-state index in [2.05, 4.69) is 27.3 Å². The number of nitrogens with two attached hydrogens (primary N) is 1. The fourth-order valence-electron chi connectivity index (χ4n) is 2.58. The van der Waals surface area contributed by atoms with Crippen molar-refractivity contribution in [2.45, 2.75) is 6.92 Å². The minimum atomic E-state index is 0.400. The van der Waals surface area contributed by atoms with Crippen LogP contribution >= 0.6 is 0 Å². The van der Waals surface area contributed by atoms with Crippen molar-refractivity contribution in [2.24, 2.45) is 0 Å². The van der Waals surface area contributed by atoms with E-state index in [0.29, 0.717) is 22.7 Å². The number of hydrogen-bond acceptors (Lipinski definition) is 5. The van der Waals surface area contributed by atoms with Crippen molar-refractivity contribution in [3.63, 3.8) is 0 Å². The average Bonchev–Trinajstić information content (AvgIpc) is 2.98. The van der Waals surface area contributed by atoms with Gasteiger partial charge in [0.05, 0.1) is 5.69 Å². The molecule has 118 valence electrons. The Hall–Kier alpha value is -3.41. The number of nitrogens with zero attached hydrogens (tertiary/aromatic N) is 4. The standard InChI is InChI=1S/C18H16N6/c1-12-7-9-13(10-8-12)22-17-15-16(19)20-11-21-18(15)24(23-17)14-5-3-2-4-6-14/h2-11H,1H3,(H,22,23)(H2,19,20,21). The minimum Gasteiger partial charge on any atom is -0.383 e. The van der Waals surface area contributed by atoms with Crippen molar-refractivity contribution in [1.82, 2.24) is 19.7 Å². The molecule has 0 unspecified atom stereocenters. The topological polar surface area (TPSA) is 81.7 Å². The second kappa shape index (κ2) is 5.66. The Balaban J connectivity index is 1.88. The van der Waals surface area contributed by atoms with Crippen LogP contribution in [0.15, 0.2) is 60.9 Å². The van der Waals surface area contributed by atoms with E-state index in [1.807, 2.05) is 54.6 Å². The van der Waals surface area contributed by atoms with E-state index >= 15 is 0 Å². The van der Waals surface area contributed by atoms with Gasteiger partial charge in [0.1, 0.15) is 17.5 Å². The van der Waals surface area contributed by atoms with Crippen LogP contribution in [0, 0.1) is 6.92 Å². The summed E-state index contributed by atoms with van der Waals surface area (Å²) in [7, 11) is 0. The molecule has 2 aromatic carbocycles. The highest BCUT2D eigenvalue weighted by molar-refractivity contribution is 5.97. The minimum absolute atomic E-state index is 0.400. The highest BCUT2D eigenvalue weighted by Gasteiger charge is 2.16. The average molecular weight is 316 g/mol. The van der Waals surface area contributed by atoms with Gasteiger partial charge in [-0.25, -0.2) is 14.6 Å². The van der Waals surface area contributed by atoms with E-state index < -0.39 is 0 Å². The first-order valence-electron chi connectivity index (χ1n) is 7.61. The van der Waals surface area contributed by atoms with E-state index in [9.17, 15) is 0 Å². The molecule has 0 spiro atoms. The molecule has 0 radical (unpaired) electrons. The number of hydrogen-bond donors (Lipinski definition) is 2. The summed E-state index contributed by atoms with van der Waals surface area (Å²) in [5, 5.41) is 8.68. The summed E-state index contributed by atoms with van der Waals surface area (Å²) < 4.78 is 1.77. The van der Waals surface area contributed by atoms with Crippen LogP contribution in [0.5, 0.6) is 0 Å². The van der Waals surface area contributed by atoms with E-state index in [1.54, 1.807) is 4.68 Å². The third-order valence-corrected chi connectivity index (χ3v) is 3.81. The number of fused-ring (bicyclic) bond motifs is 1. The van der Waals surface area contributed by atoms with Crippen molar-refractivity contribution in [2.75, 3.05) is 11.1 Å². The van der Waals surface area contributed by atoms with Crippen LogP contribution in [0.3, 0.4) is 0 Å². The van der Waals surface area contributed by atoms with Gasteiger partial charge in [-0.1, -0.05) is 35.9 Å². The highest BCUT2D eigenvalue weighted by atomic mass is 15.3. The molecule has 6 heteroatoms. The first-order valence-corrected chi connectivity index (χ1v) is 7.61. The fraction of sp³-hybridized carbons (Fsp3) is 0.0556. The Morgan fingerprint density at radius 3 is 2.46 bits per heavy atom. The van der Waals surface area contributed by atoms with Gasteiger partial charge in [0.2, 0.25) is 0 Å². The third kappa shape index (κ3) is 2.44. The molecule has 0 aliphatic carbocycles. The second-order valence-corrected chi connectivity index (χ2v) is 5.54. The molecule has 0 aliphatic heterocycles. The van der Waals surface area contributed by atoms with Crippen molar-refractivity contribution >= 4 is 28.4 Å². The number of aromatic nitrogens is 4. The summed E-state index contributed by atoms with van der Waals surface area (Å²) in [5.74, 6) is 1.03. The number of nitrogens with one attached hydrogen (secondary N) is 1. The predicted octanol–water partition coefficient (Wildman–Crippen LogP) is 3.45. The van der Waals surface area contributed by atoms with E-state index in [0.717, 1.165) is 11.4 Å². The van der Waals surface area contributed by atoms with E-state index in [4.69, 9.17) is 5.73 Å². The highest BCUT2D eigenvalue weighted by Crippen LogP contribution is 2.29. The fourth-order valence-corrected chi connectivity index (χ4v) is 2.58. The number of nitrogen functional groups attached to an aromatic ring is 1. The molecular weight excluding hydrogens is 300 g/mol. The van der Waals surface area contributed by atoms with Crippen molar-refractivity contribution in [1.29, 1.82) is 0 Å². The third-order valence-electron chi connectivity index (χ3n) is 3.81. The molecule has 0 fully saturated rings. The Morgan fingerprint density at radius 1 is 0.958 bits per heavy atom. The first kappa shape index (κ1) is 14.2. The Morgan fingerprint density at radius 2 is 1.71 bits per heavy atom. The molecule has 2 aromatic heterocycles. The van der Waals surface area contributed by atoms with Gasteiger partial charge in [0, 0.05) is 5.69 Å².